The summed E-state index contributed by atoms with van der Waals surface area (Å²) in [5, 5.41) is 5.59. The molecule has 4 nitrogen and oxygen atoms in total. The predicted octanol–water partition coefficient (Wildman–Crippen LogP) is -0.0566. The minimum Gasteiger partial charge on any atom is -0.330 e. The number of carbonyl (C=O) groups excluding carboxylic acids is 1. The summed E-state index contributed by atoms with van der Waals surface area (Å²) in [4.78, 5) is 11.1. The molecule has 1 aliphatic heterocycles. The predicted molar refractivity (Wildman–Crippen MR) is 43.1 cm³/mol. The third-order valence-corrected chi connectivity index (χ3v) is 1.64. The first-order chi connectivity index (χ1) is 5.27. The number of amides is 1. The molecule has 0 bridgehead atoms. The van der Waals surface area contributed by atoms with Crippen LogP contribution in [0.15, 0.2) is 5.10 Å². The molecule has 0 spiro atoms. The van der Waals surface area contributed by atoms with Gasteiger partial charge in [0.2, 0.25) is 5.91 Å². The van der Waals surface area contributed by atoms with Crippen molar-refractivity contribution in [1.29, 1.82) is 0 Å². The molecule has 0 aromatic rings. The Hall–Kier alpha value is -0.900. The molecule has 0 aliphatic carbocycles. The molecule has 0 atom stereocenters. The molecule has 1 amide bonds. The topological polar surface area (TPSA) is 58.7 Å². The van der Waals surface area contributed by atoms with E-state index in [0.29, 0.717) is 19.5 Å². The van der Waals surface area contributed by atoms with E-state index in [0.717, 1.165) is 12.1 Å². The molecule has 62 valence electrons. The van der Waals surface area contributed by atoms with Gasteiger partial charge in [-0.1, -0.05) is 0 Å². The summed E-state index contributed by atoms with van der Waals surface area (Å²) in [5.41, 5.74) is 6.25. The van der Waals surface area contributed by atoms with E-state index in [1.165, 1.54) is 5.01 Å². The summed E-state index contributed by atoms with van der Waals surface area (Å²) >= 11 is 0. The van der Waals surface area contributed by atoms with Crippen LogP contribution in [0.2, 0.25) is 0 Å². The largest absolute Gasteiger partial charge is 0.330 e. The number of hydrogen-bond donors (Lipinski definition) is 1. The third-order valence-electron chi connectivity index (χ3n) is 1.64. The van der Waals surface area contributed by atoms with Crippen LogP contribution in [0, 0.1) is 0 Å². The van der Waals surface area contributed by atoms with Gasteiger partial charge in [-0.2, -0.15) is 5.10 Å². The van der Waals surface area contributed by atoms with E-state index in [1.807, 2.05) is 6.92 Å². The number of nitrogens with two attached hydrogens (primary N) is 1. The highest BCUT2D eigenvalue weighted by atomic mass is 16.2. The molecule has 4 heteroatoms. The summed E-state index contributed by atoms with van der Waals surface area (Å²) in [6, 6.07) is 0. The number of rotatable bonds is 3. The van der Waals surface area contributed by atoms with Crippen LogP contribution in [-0.4, -0.2) is 29.7 Å². The average Bonchev–Trinajstić information content (AvgIpc) is 2.32. The number of hydrazone groups is 1. The molecule has 1 aliphatic rings. The molecular weight excluding hydrogens is 142 g/mol. The molecule has 1 heterocycles. The number of carbonyl (C=O) groups is 1. The van der Waals surface area contributed by atoms with Gasteiger partial charge in [0, 0.05) is 18.7 Å². The van der Waals surface area contributed by atoms with Gasteiger partial charge in [-0.05, 0) is 13.5 Å². The van der Waals surface area contributed by atoms with Crippen LogP contribution < -0.4 is 5.73 Å². The lowest BCUT2D eigenvalue weighted by Crippen LogP contribution is -2.19. The van der Waals surface area contributed by atoms with Crippen molar-refractivity contribution in [2.45, 2.75) is 19.8 Å². The van der Waals surface area contributed by atoms with E-state index in [4.69, 9.17) is 5.73 Å². The van der Waals surface area contributed by atoms with Gasteiger partial charge in [0.15, 0.2) is 0 Å². The van der Waals surface area contributed by atoms with Gasteiger partial charge in [-0.25, -0.2) is 5.01 Å². The molecule has 11 heavy (non-hydrogen) atoms. The monoisotopic (exact) mass is 155 g/mol. The zero-order chi connectivity index (χ0) is 8.27. The fourth-order valence-electron chi connectivity index (χ4n) is 1.08. The van der Waals surface area contributed by atoms with Gasteiger partial charge < -0.3 is 5.73 Å². The summed E-state index contributed by atoms with van der Waals surface area (Å²) in [6.07, 6.45) is 1.20. The van der Waals surface area contributed by atoms with Crippen LogP contribution >= 0.6 is 0 Å². The Kier molecular flexibility index (Phi) is 2.59. The van der Waals surface area contributed by atoms with Crippen molar-refractivity contribution in [2.24, 2.45) is 10.8 Å². The van der Waals surface area contributed by atoms with Crippen molar-refractivity contribution in [3.05, 3.63) is 0 Å². The van der Waals surface area contributed by atoms with Gasteiger partial charge in [-0.15, -0.1) is 0 Å². The highest BCUT2D eigenvalue weighted by Gasteiger charge is 2.20. The quantitative estimate of drug-likeness (QED) is 0.621. The standard InChI is InChI=1S/C7H13N3O/c1-2-10-7(11)5-6(9-10)3-4-8/h2-5,8H2,1H3. The first kappa shape index (κ1) is 8.20. The van der Waals surface area contributed by atoms with Crippen LogP contribution in [-0.2, 0) is 4.79 Å². The Morgan fingerprint density at radius 1 is 1.73 bits per heavy atom. The Morgan fingerprint density at radius 2 is 2.45 bits per heavy atom. The summed E-state index contributed by atoms with van der Waals surface area (Å²) < 4.78 is 0. The van der Waals surface area contributed by atoms with Gasteiger partial charge in [-0.3, -0.25) is 4.79 Å². The zero-order valence-electron chi connectivity index (χ0n) is 6.71. The molecule has 0 radical (unpaired) electrons. The molecule has 1 rings (SSSR count). The average molecular weight is 155 g/mol. The molecular formula is C7H13N3O. The number of nitrogens with zero attached hydrogens (tertiary/aromatic N) is 2. The van der Waals surface area contributed by atoms with E-state index >= 15 is 0 Å². The summed E-state index contributed by atoms with van der Waals surface area (Å²) in [6.45, 7) is 3.14. The maximum atomic E-state index is 11.1. The molecule has 0 fully saturated rings. The molecule has 0 aromatic carbocycles. The Balaban J connectivity index is 2.52. The first-order valence-electron chi connectivity index (χ1n) is 3.84. The minimum absolute atomic E-state index is 0.0935. The van der Waals surface area contributed by atoms with Crippen LogP contribution in [0.4, 0.5) is 0 Å². The van der Waals surface area contributed by atoms with E-state index in [9.17, 15) is 4.79 Å². The Morgan fingerprint density at radius 3 is 2.91 bits per heavy atom. The van der Waals surface area contributed by atoms with Gasteiger partial charge in [0.1, 0.15) is 0 Å². The van der Waals surface area contributed by atoms with E-state index < -0.39 is 0 Å². The first-order valence-corrected chi connectivity index (χ1v) is 3.84. The van der Waals surface area contributed by atoms with Crippen molar-refractivity contribution >= 4 is 11.6 Å². The fourth-order valence-corrected chi connectivity index (χ4v) is 1.08. The zero-order valence-corrected chi connectivity index (χ0v) is 6.71. The van der Waals surface area contributed by atoms with Gasteiger partial charge in [0.05, 0.1) is 6.42 Å². The minimum atomic E-state index is 0.0935. The van der Waals surface area contributed by atoms with Crippen LogP contribution in [0.3, 0.4) is 0 Å². The lowest BCUT2D eigenvalue weighted by molar-refractivity contribution is -0.128. The van der Waals surface area contributed by atoms with E-state index in [2.05, 4.69) is 5.10 Å². The van der Waals surface area contributed by atoms with Crippen LogP contribution in [0.1, 0.15) is 19.8 Å². The van der Waals surface area contributed by atoms with Crippen molar-refractivity contribution in [3.8, 4) is 0 Å². The van der Waals surface area contributed by atoms with Crippen molar-refractivity contribution in [1.82, 2.24) is 5.01 Å². The van der Waals surface area contributed by atoms with Crippen LogP contribution in [0.25, 0.3) is 0 Å². The number of hydrogen-bond acceptors (Lipinski definition) is 3. The van der Waals surface area contributed by atoms with Crippen molar-refractivity contribution < 1.29 is 4.79 Å². The maximum absolute atomic E-state index is 11.1. The highest BCUT2D eigenvalue weighted by Crippen LogP contribution is 2.08. The summed E-state index contributed by atoms with van der Waals surface area (Å²) in [5.74, 6) is 0.0935. The van der Waals surface area contributed by atoms with E-state index in [1.54, 1.807) is 0 Å². The van der Waals surface area contributed by atoms with Crippen molar-refractivity contribution in [2.75, 3.05) is 13.1 Å². The molecule has 0 saturated heterocycles. The Labute approximate surface area is 66.0 Å². The Bertz CT molecular complexity index is 188. The summed E-state index contributed by atoms with van der Waals surface area (Å²) in [7, 11) is 0. The molecule has 0 aromatic heterocycles. The fraction of sp³-hybridized carbons (Fsp3) is 0.714. The lowest BCUT2D eigenvalue weighted by atomic mass is 10.2. The molecule has 0 saturated carbocycles. The second-order valence-corrected chi connectivity index (χ2v) is 2.49. The normalized spacial score (nSPS) is 17.5. The third kappa shape index (κ3) is 1.77. The highest BCUT2D eigenvalue weighted by molar-refractivity contribution is 6.04. The van der Waals surface area contributed by atoms with Gasteiger partial charge in [0.25, 0.3) is 0 Å². The lowest BCUT2D eigenvalue weighted by Gasteiger charge is -2.05. The SMILES string of the molecule is CCN1N=C(CCN)CC1=O. The second kappa shape index (κ2) is 3.48. The second-order valence-electron chi connectivity index (χ2n) is 2.49. The smallest absolute Gasteiger partial charge is 0.248 e. The van der Waals surface area contributed by atoms with E-state index in [-0.39, 0.29) is 5.91 Å². The van der Waals surface area contributed by atoms with Crippen molar-refractivity contribution in [3.63, 3.8) is 0 Å². The molecule has 0 unspecified atom stereocenters. The van der Waals surface area contributed by atoms with Crippen LogP contribution in [0.5, 0.6) is 0 Å². The maximum Gasteiger partial charge on any atom is 0.248 e. The molecule has 2 N–H and O–H groups in total. The van der Waals surface area contributed by atoms with Gasteiger partial charge >= 0.3 is 0 Å².